The molecule has 2 rings (SSSR count). The van der Waals surface area contributed by atoms with E-state index in [9.17, 15) is 0 Å². The molecule has 0 aromatic heterocycles. The van der Waals surface area contributed by atoms with Crippen LogP contribution >= 0.6 is 0 Å². The van der Waals surface area contributed by atoms with Gasteiger partial charge in [-0.2, -0.15) is 0 Å². The summed E-state index contributed by atoms with van der Waals surface area (Å²) < 4.78 is 23.7. The van der Waals surface area contributed by atoms with Crippen LogP contribution in [-0.2, 0) is 18.9 Å². The maximum Gasteiger partial charge on any atom is 0.0603 e. The second kappa shape index (κ2) is 10.1. The third-order valence-corrected chi connectivity index (χ3v) is 5.53. The Kier molecular flexibility index (Phi) is 8.48. The summed E-state index contributed by atoms with van der Waals surface area (Å²) in [4.78, 5) is 0. The third kappa shape index (κ3) is 6.62. The van der Waals surface area contributed by atoms with Gasteiger partial charge < -0.3 is 18.9 Å². The minimum atomic E-state index is 0.243. The van der Waals surface area contributed by atoms with Crippen molar-refractivity contribution in [1.29, 1.82) is 0 Å². The van der Waals surface area contributed by atoms with E-state index < -0.39 is 0 Å². The summed E-state index contributed by atoms with van der Waals surface area (Å²) in [6.07, 6.45) is 6.90. The summed E-state index contributed by atoms with van der Waals surface area (Å²) in [5.74, 6) is 1.24. The van der Waals surface area contributed by atoms with E-state index in [0.717, 1.165) is 51.9 Å². The van der Waals surface area contributed by atoms with Crippen molar-refractivity contribution in [1.82, 2.24) is 0 Å². The van der Waals surface area contributed by atoms with Gasteiger partial charge in [0.2, 0.25) is 0 Å². The Morgan fingerprint density at radius 1 is 0.833 bits per heavy atom. The van der Waals surface area contributed by atoms with Crippen molar-refractivity contribution in [2.24, 2.45) is 11.8 Å². The zero-order valence-corrected chi connectivity index (χ0v) is 16.3. The molecular weight excluding hydrogens is 304 g/mol. The monoisotopic (exact) mass is 342 g/mol. The predicted molar refractivity (Wildman–Crippen MR) is 96.3 cm³/mol. The zero-order valence-electron chi connectivity index (χ0n) is 16.3. The molecule has 0 bridgehead atoms. The molecule has 4 nitrogen and oxygen atoms in total. The lowest BCUT2D eigenvalue weighted by molar-refractivity contribution is -0.104. The summed E-state index contributed by atoms with van der Waals surface area (Å²) in [6.45, 7) is 13.5. The van der Waals surface area contributed by atoms with E-state index in [0.29, 0.717) is 36.3 Å². The molecule has 2 aliphatic rings. The van der Waals surface area contributed by atoms with E-state index in [1.807, 2.05) is 0 Å². The summed E-state index contributed by atoms with van der Waals surface area (Å²) in [5.41, 5.74) is 0. The Bertz CT molecular complexity index is 341. The van der Waals surface area contributed by atoms with Gasteiger partial charge in [-0.25, -0.2) is 0 Å². The molecule has 142 valence electrons. The molecule has 0 saturated carbocycles. The number of hydrogen-bond acceptors (Lipinski definition) is 4. The molecule has 2 aliphatic heterocycles. The maximum atomic E-state index is 6.29. The highest BCUT2D eigenvalue weighted by Gasteiger charge is 2.30. The van der Waals surface area contributed by atoms with Crippen LogP contribution in [0.25, 0.3) is 0 Å². The molecule has 2 saturated heterocycles. The van der Waals surface area contributed by atoms with Gasteiger partial charge in [-0.05, 0) is 78.6 Å². The summed E-state index contributed by atoms with van der Waals surface area (Å²) >= 11 is 0. The first-order valence-electron chi connectivity index (χ1n) is 9.96. The van der Waals surface area contributed by atoms with E-state index in [2.05, 4.69) is 34.6 Å². The standard InChI is InChI=1S/C20H38O4/c1-14(2)23-17(5)19-8-11-22-20(13-19)12-15(3)24-16(4)18-6-9-21-10-7-18/h14-20H,6-13H2,1-5H3/t15?,16-,17+,19?,20?/m0/s1. The largest absolute Gasteiger partial charge is 0.381 e. The van der Waals surface area contributed by atoms with Crippen LogP contribution in [0.4, 0.5) is 0 Å². The molecule has 0 aromatic rings. The Labute approximate surface area is 148 Å². The van der Waals surface area contributed by atoms with Gasteiger partial charge in [0.25, 0.3) is 0 Å². The van der Waals surface area contributed by atoms with Crippen LogP contribution in [0.15, 0.2) is 0 Å². The van der Waals surface area contributed by atoms with Gasteiger partial charge >= 0.3 is 0 Å². The first kappa shape index (κ1) is 20.2. The summed E-state index contributed by atoms with van der Waals surface area (Å²) in [7, 11) is 0. The zero-order chi connectivity index (χ0) is 17.5. The van der Waals surface area contributed by atoms with E-state index >= 15 is 0 Å². The highest BCUT2D eigenvalue weighted by atomic mass is 16.5. The highest BCUT2D eigenvalue weighted by Crippen LogP contribution is 2.29. The smallest absolute Gasteiger partial charge is 0.0603 e. The topological polar surface area (TPSA) is 36.9 Å². The molecule has 2 heterocycles. The highest BCUT2D eigenvalue weighted by molar-refractivity contribution is 4.79. The van der Waals surface area contributed by atoms with Crippen LogP contribution < -0.4 is 0 Å². The van der Waals surface area contributed by atoms with Gasteiger partial charge in [0.05, 0.1) is 30.5 Å². The average Bonchev–Trinajstić information content (AvgIpc) is 2.55. The lowest BCUT2D eigenvalue weighted by Gasteiger charge is -2.36. The van der Waals surface area contributed by atoms with Crippen LogP contribution in [0.3, 0.4) is 0 Å². The lowest BCUT2D eigenvalue weighted by atomic mass is 9.89. The number of rotatable bonds is 8. The minimum Gasteiger partial charge on any atom is -0.381 e. The fourth-order valence-electron chi connectivity index (χ4n) is 4.13. The molecule has 3 unspecified atom stereocenters. The molecule has 4 heteroatoms. The van der Waals surface area contributed by atoms with Crippen molar-refractivity contribution in [3.05, 3.63) is 0 Å². The quantitative estimate of drug-likeness (QED) is 0.662. The van der Waals surface area contributed by atoms with Crippen LogP contribution in [-0.4, -0.2) is 50.3 Å². The molecule has 0 aliphatic carbocycles. The SMILES string of the molecule is CC(C)O[C@H](C)C1CCOC(CC(C)O[C@@H](C)C2CCOCC2)C1. The van der Waals surface area contributed by atoms with E-state index in [-0.39, 0.29) is 6.10 Å². The van der Waals surface area contributed by atoms with Gasteiger partial charge in [-0.1, -0.05) is 0 Å². The molecule has 5 atom stereocenters. The van der Waals surface area contributed by atoms with Crippen LogP contribution in [0.2, 0.25) is 0 Å². The first-order chi connectivity index (χ1) is 11.5. The Balaban J connectivity index is 1.73. The Morgan fingerprint density at radius 2 is 1.46 bits per heavy atom. The molecule has 0 aromatic carbocycles. The van der Waals surface area contributed by atoms with Gasteiger partial charge in [0.1, 0.15) is 0 Å². The van der Waals surface area contributed by atoms with Gasteiger partial charge in [0, 0.05) is 19.8 Å². The van der Waals surface area contributed by atoms with Crippen molar-refractivity contribution >= 4 is 0 Å². The lowest BCUT2D eigenvalue weighted by Crippen LogP contribution is -2.36. The number of hydrogen-bond donors (Lipinski definition) is 0. The molecule has 0 N–H and O–H groups in total. The fraction of sp³-hybridized carbons (Fsp3) is 1.00. The van der Waals surface area contributed by atoms with E-state index in [4.69, 9.17) is 18.9 Å². The summed E-state index contributed by atoms with van der Waals surface area (Å²) in [5, 5.41) is 0. The molecule has 24 heavy (non-hydrogen) atoms. The predicted octanol–water partition coefficient (Wildman–Crippen LogP) is 4.21. The van der Waals surface area contributed by atoms with Crippen LogP contribution in [0, 0.1) is 11.8 Å². The van der Waals surface area contributed by atoms with Crippen molar-refractivity contribution in [2.75, 3.05) is 19.8 Å². The van der Waals surface area contributed by atoms with Crippen molar-refractivity contribution in [3.8, 4) is 0 Å². The maximum absolute atomic E-state index is 6.29. The third-order valence-electron chi connectivity index (χ3n) is 5.53. The molecule has 2 fully saturated rings. The first-order valence-corrected chi connectivity index (χ1v) is 9.96. The fourth-order valence-corrected chi connectivity index (χ4v) is 4.13. The average molecular weight is 343 g/mol. The van der Waals surface area contributed by atoms with Gasteiger partial charge in [-0.3, -0.25) is 0 Å². The van der Waals surface area contributed by atoms with Gasteiger partial charge in [0.15, 0.2) is 0 Å². The van der Waals surface area contributed by atoms with E-state index in [1.165, 1.54) is 0 Å². The van der Waals surface area contributed by atoms with Crippen molar-refractivity contribution in [2.45, 2.75) is 97.2 Å². The second-order valence-corrected chi connectivity index (χ2v) is 8.00. The van der Waals surface area contributed by atoms with E-state index in [1.54, 1.807) is 0 Å². The number of ether oxygens (including phenoxy) is 4. The van der Waals surface area contributed by atoms with Crippen molar-refractivity contribution < 1.29 is 18.9 Å². The Hall–Kier alpha value is -0.160. The molecule has 0 amide bonds. The van der Waals surface area contributed by atoms with Crippen LogP contribution in [0.5, 0.6) is 0 Å². The normalized spacial score (nSPS) is 30.2. The molecule has 0 spiro atoms. The molecule has 0 radical (unpaired) electrons. The van der Waals surface area contributed by atoms with Crippen LogP contribution in [0.1, 0.15) is 66.7 Å². The molecular formula is C20H38O4. The van der Waals surface area contributed by atoms with Crippen molar-refractivity contribution in [3.63, 3.8) is 0 Å². The Morgan fingerprint density at radius 3 is 2.12 bits per heavy atom. The summed E-state index contributed by atoms with van der Waals surface area (Å²) in [6, 6.07) is 0. The second-order valence-electron chi connectivity index (χ2n) is 8.00. The van der Waals surface area contributed by atoms with Gasteiger partial charge in [-0.15, -0.1) is 0 Å². The minimum absolute atomic E-state index is 0.243.